The van der Waals surface area contributed by atoms with Crippen LogP contribution in [0.15, 0.2) is 23.0 Å². The van der Waals surface area contributed by atoms with Gasteiger partial charge in [0, 0.05) is 6.04 Å². The average molecular weight is 233 g/mol. The van der Waals surface area contributed by atoms with E-state index in [1.807, 2.05) is 22.8 Å². The van der Waals surface area contributed by atoms with E-state index in [1.54, 1.807) is 0 Å². The van der Waals surface area contributed by atoms with Crippen LogP contribution in [0.3, 0.4) is 0 Å². The largest absolute Gasteiger partial charge is 0.326 e. The molecule has 1 aromatic carbocycles. The fourth-order valence-corrected chi connectivity index (χ4v) is 2.21. The third-order valence-corrected chi connectivity index (χ3v) is 3.20. The summed E-state index contributed by atoms with van der Waals surface area (Å²) in [6.45, 7) is 0.485. The third kappa shape index (κ3) is 1.87. The number of nitrogens with two attached hydrogens (primary N) is 1. The molecule has 3 rings (SSSR count). The number of nitrogens with one attached hydrogen (secondary N) is 1. The number of aromatic nitrogens is 2. The summed E-state index contributed by atoms with van der Waals surface area (Å²) in [6.07, 6.45) is 2.97. The maximum atomic E-state index is 11.8. The molecule has 1 saturated carbocycles. The summed E-state index contributed by atoms with van der Waals surface area (Å²) in [4.78, 5) is 19.3. The summed E-state index contributed by atoms with van der Waals surface area (Å²) in [5, 5.41) is 0. The van der Waals surface area contributed by atoms with Gasteiger partial charge in [0.05, 0.1) is 17.6 Å². The van der Waals surface area contributed by atoms with Gasteiger partial charge in [-0.3, -0.25) is 4.57 Å². The van der Waals surface area contributed by atoms with Crippen LogP contribution in [0.2, 0.25) is 0 Å². The zero-order valence-electron chi connectivity index (χ0n) is 9.48. The molecule has 2 aromatic rings. The number of hydrogen-bond donors (Lipinski definition) is 2. The summed E-state index contributed by atoms with van der Waals surface area (Å²) >= 11 is 0. The van der Waals surface area contributed by atoms with Crippen molar-refractivity contribution >= 4 is 11.0 Å². The van der Waals surface area contributed by atoms with Crippen molar-refractivity contribution in [3.05, 3.63) is 34.2 Å². The Kier molecular flexibility index (Phi) is 2.49. The predicted octanol–water partition coefficient (Wildman–Crippen LogP) is 1.10. The van der Waals surface area contributed by atoms with Crippen molar-refractivity contribution in [3.8, 4) is 0 Å². The highest BCUT2D eigenvalue weighted by atomic mass is 16.6. The van der Waals surface area contributed by atoms with Crippen molar-refractivity contribution in [2.45, 2.75) is 25.3 Å². The highest BCUT2D eigenvalue weighted by molar-refractivity contribution is 5.76. The molecule has 0 atom stereocenters. The molecule has 1 fully saturated rings. The molecule has 0 radical (unpaired) electrons. The van der Waals surface area contributed by atoms with Gasteiger partial charge in [-0.1, -0.05) is 6.07 Å². The van der Waals surface area contributed by atoms with Crippen molar-refractivity contribution in [3.63, 3.8) is 0 Å². The normalized spacial score (nSPS) is 15.6. The lowest BCUT2D eigenvalue weighted by molar-refractivity contribution is 0.141. The van der Waals surface area contributed by atoms with Crippen molar-refractivity contribution < 1.29 is 4.84 Å². The van der Waals surface area contributed by atoms with Crippen LogP contribution in [0.4, 0.5) is 0 Å². The van der Waals surface area contributed by atoms with Crippen LogP contribution < -0.4 is 11.6 Å². The van der Waals surface area contributed by atoms with Crippen LogP contribution in [-0.2, 0) is 11.3 Å². The molecule has 1 heterocycles. The molecule has 0 unspecified atom stereocenters. The van der Waals surface area contributed by atoms with Crippen LogP contribution in [0.25, 0.3) is 11.0 Å². The maximum Gasteiger partial charge on any atom is 0.326 e. The Balaban J connectivity index is 2.03. The number of rotatable bonds is 4. The van der Waals surface area contributed by atoms with E-state index in [2.05, 4.69) is 9.82 Å². The van der Waals surface area contributed by atoms with Gasteiger partial charge in [-0.05, 0) is 37.0 Å². The topological polar surface area (TPSA) is 73.0 Å². The number of H-pyrrole nitrogens is 1. The SMILES string of the molecule is NOCCc1ccc2c(c1)[nH]c(=O)n2C1CC1. The second-order valence-electron chi connectivity index (χ2n) is 4.50. The molecular weight excluding hydrogens is 218 g/mol. The Hall–Kier alpha value is -1.59. The Labute approximate surface area is 98.1 Å². The Bertz CT molecular complexity index is 595. The molecule has 5 nitrogen and oxygen atoms in total. The van der Waals surface area contributed by atoms with E-state index < -0.39 is 0 Å². The molecule has 0 aliphatic heterocycles. The zero-order valence-corrected chi connectivity index (χ0v) is 9.48. The van der Waals surface area contributed by atoms with Crippen LogP contribution >= 0.6 is 0 Å². The predicted molar refractivity (Wildman–Crippen MR) is 64.7 cm³/mol. The number of aromatic amines is 1. The van der Waals surface area contributed by atoms with Crippen molar-refractivity contribution in [1.82, 2.24) is 9.55 Å². The molecule has 3 N–H and O–H groups in total. The Morgan fingerprint density at radius 1 is 1.47 bits per heavy atom. The van der Waals surface area contributed by atoms with Gasteiger partial charge in [-0.2, -0.15) is 0 Å². The lowest BCUT2D eigenvalue weighted by Crippen LogP contribution is -2.14. The molecular formula is C12H15N3O2. The second-order valence-corrected chi connectivity index (χ2v) is 4.50. The van der Waals surface area contributed by atoms with Gasteiger partial charge in [0.25, 0.3) is 0 Å². The number of benzene rings is 1. The second kappa shape index (κ2) is 4.01. The molecule has 1 aromatic heterocycles. The molecule has 5 heteroatoms. The number of fused-ring (bicyclic) bond motifs is 1. The van der Waals surface area contributed by atoms with Crippen LogP contribution in [-0.4, -0.2) is 16.2 Å². The van der Waals surface area contributed by atoms with Crippen molar-refractivity contribution in [2.24, 2.45) is 5.90 Å². The van der Waals surface area contributed by atoms with Crippen molar-refractivity contribution in [1.29, 1.82) is 0 Å². The van der Waals surface area contributed by atoms with Gasteiger partial charge in [0.15, 0.2) is 0 Å². The maximum absolute atomic E-state index is 11.8. The van der Waals surface area contributed by atoms with E-state index in [0.29, 0.717) is 12.6 Å². The Morgan fingerprint density at radius 2 is 2.29 bits per heavy atom. The van der Waals surface area contributed by atoms with E-state index in [9.17, 15) is 4.79 Å². The summed E-state index contributed by atoms with van der Waals surface area (Å²) in [7, 11) is 0. The average Bonchev–Trinajstić information content (AvgIpc) is 3.09. The van der Waals surface area contributed by atoms with Gasteiger partial charge in [0.1, 0.15) is 0 Å². The standard InChI is InChI=1S/C12H15N3O2/c13-17-6-5-8-1-4-11-10(7-8)14-12(16)15(11)9-2-3-9/h1,4,7,9H,2-3,5-6,13H2,(H,14,16). The molecule has 0 saturated heterocycles. The van der Waals surface area contributed by atoms with E-state index in [1.165, 1.54) is 0 Å². The van der Waals surface area contributed by atoms with Gasteiger partial charge < -0.3 is 9.82 Å². The fraction of sp³-hybridized carbons (Fsp3) is 0.417. The third-order valence-electron chi connectivity index (χ3n) is 3.20. The summed E-state index contributed by atoms with van der Waals surface area (Å²) in [5.74, 6) is 5.00. The van der Waals surface area contributed by atoms with Crippen molar-refractivity contribution in [2.75, 3.05) is 6.61 Å². The molecule has 0 amide bonds. The summed E-state index contributed by atoms with van der Waals surface area (Å²) < 4.78 is 1.86. The Morgan fingerprint density at radius 3 is 3.00 bits per heavy atom. The first-order valence-corrected chi connectivity index (χ1v) is 5.84. The van der Waals surface area contributed by atoms with E-state index in [-0.39, 0.29) is 5.69 Å². The minimum atomic E-state index is -0.00488. The number of hydrogen-bond acceptors (Lipinski definition) is 3. The first kappa shape index (κ1) is 10.6. The van der Waals surface area contributed by atoms with Gasteiger partial charge in [-0.15, -0.1) is 0 Å². The molecule has 0 spiro atoms. The van der Waals surface area contributed by atoms with Crippen LogP contribution in [0, 0.1) is 0 Å². The minimum Gasteiger partial charge on any atom is -0.306 e. The molecule has 0 bridgehead atoms. The van der Waals surface area contributed by atoms with Gasteiger partial charge >= 0.3 is 5.69 Å². The lowest BCUT2D eigenvalue weighted by atomic mass is 10.1. The monoisotopic (exact) mass is 233 g/mol. The van der Waals surface area contributed by atoms with Crippen LogP contribution in [0.1, 0.15) is 24.4 Å². The molecule has 1 aliphatic rings. The van der Waals surface area contributed by atoms with Gasteiger partial charge in [-0.25, -0.2) is 10.7 Å². The molecule has 90 valence electrons. The summed E-state index contributed by atoms with van der Waals surface area (Å²) in [5.41, 5.74) is 3.01. The quantitative estimate of drug-likeness (QED) is 0.776. The van der Waals surface area contributed by atoms with E-state index >= 15 is 0 Å². The summed E-state index contributed by atoms with van der Waals surface area (Å²) in [6, 6.07) is 6.41. The highest BCUT2D eigenvalue weighted by Crippen LogP contribution is 2.35. The van der Waals surface area contributed by atoms with E-state index in [4.69, 9.17) is 5.90 Å². The van der Waals surface area contributed by atoms with Crippen LogP contribution in [0.5, 0.6) is 0 Å². The number of imidazole rings is 1. The lowest BCUT2D eigenvalue weighted by Gasteiger charge is -2.02. The zero-order chi connectivity index (χ0) is 11.8. The minimum absolute atomic E-state index is 0.00488. The number of nitrogens with zero attached hydrogens (tertiary/aromatic N) is 1. The fourth-order valence-electron chi connectivity index (χ4n) is 2.21. The smallest absolute Gasteiger partial charge is 0.306 e. The molecule has 1 aliphatic carbocycles. The molecule has 17 heavy (non-hydrogen) atoms. The first-order chi connectivity index (χ1) is 8.29. The van der Waals surface area contributed by atoms with Gasteiger partial charge in [0.2, 0.25) is 0 Å². The van der Waals surface area contributed by atoms with E-state index in [0.717, 1.165) is 35.9 Å². The highest BCUT2D eigenvalue weighted by Gasteiger charge is 2.26. The first-order valence-electron chi connectivity index (χ1n) is 5.84.